The quantitative estimate of drug-likeness (QED) is 0.641. The van der Waals surface area contributed by atoms with Gasteiger partial charge in [-0.15, -0.1) is 0 Å². The van der Waals surface area contributed by atoms with Crippen molar-refractivity contribution in [2.75, 3.05) is 5.32 Å². The summed E-state index contributed by atoms with van der Waals surface area (Å²) in [6, 6.07) is 12.1. The van der Waals surface area contributed by atoms with E-state index in [2.05, 4.69) is 43.2 Å². The van der Waals surface area contributed by atoms with Gasteiger partial charge in [0.05, 0.1) is 10.2 Å². The predicted molar refractivity (Wildman–Crippen MR) is 102 cm³/mol. The minimum atomic E-state index is -0.300. The van der Waals surface area contributed by atoms with Gasteiger partial charge in [-0.3, -0.25) is 10.1 Å². The number of nitrogens with one attached hydrogen (secondary N) is 1. The van der Waals surface area contributed by atoms with Gasteiger partial charge in [-0.1, -0.05) is 50.3 Å². The maximum Gasteiger partial charge on any atom is 0.250 e. The number of amides is 1. The Labute approximate surface area is 150 Å². The Morgan fingerprint density at radius 3 is 2.56 bits per heavy atom. The minimum Gasteiger partial charge on any atom is -0.298 e. The number of hydrogen-bond acceptors (Lipinski definition) is 3. The molecule has 0 saturated carbocycles. The second-order valence-electron chi connectivity index (χ2n) is 6.83. The number of thiazole rings is 1. The summed E-state index contributed by atoms with van der Waals surface area (Å²) in [5.74, 6) is -0.565. The Bertz CT molecular complexity index is 936. The molecule has 3 rings (SSSR count). The molecule has 0 atom stereocenters. The summed E-state index contributed by atoms with van der Waals surface area (Å²) in [5.41, 5.74) is 2.93. The van der Waals surface area contributed by atoms with Crippen LogP contribution in [0.4, 0.5) is 9.52 Å². The van der Waals surface area contributed by atoms with E-state index >= 15 is 0 Å². The van der Waals surface area contributed by atoms with Crippen LogP contribution in [0.1, 0.15) is 31.9 Å². The van der Waals surface area contributed by atoms with Crippen LogP contribution in [0.2, 0.25) is 0 Å². The van der Waals surface area contributed by atoms with Gasteiger partial charge >= 0.3 is 0 Å². The van der Waals surface area contributed by atoms with Crippen molar-refractivity contribution in [3.63, 3.8) is 0 Å². The second kappa shape index (κ2) is 6.76. The van der Waals surface area contributed by atoms with Crippen LogP contribution < -0.4 is 5.32 Å². The molecule has 0 aliphatic heterocycles. The summed E-state index contributed by atoms with van der Waals surface area (Å²) in [5, 5.41) is 3.34. The fraction of sp³-hybridized carbons (Fsp3) is 0.200. The maximum absolute atomic E-state index is 12.9. The zero-order chi connectivity index (χ0) is 18.0. The highest BCUT2D eigenvalue weighted by Crippen LogP contribution is 2.31. The molecule has 1 aromatic heterocycles. The van der Waals surface area contributed by atoms with Gasteiger partial charge in [-0.2, -0.15) is 0 Å². The molecule has 1 N–H and O–H groups in total. The summed E-state index contributed by atoms with van der Waals surface area (Å²) >= 11 is 1.45. The van der Waals surface area contributed by atoms with E-state index in [0.29, 0.717) is 5.13 Å². The number of rotatable bonds is 3. The SMILES string of the molecule is CC(C)(C)c1ccc2nc(NC(=O)/C=C/c3ccc(F)cc3)sc2c1. The Morgan fingerprint density at radius 1 is 1.16 bits per heavy atom. The Hall–Kier alpha value is -2.53. The van der Waals surface area contributed by atoms with Gasteiger partial charge in [0.1, 0.15) is 5.82 Å². The van der Waals surface area contributed by atoms with Crippen molar-refractivity contribution in [2.45, 2.75) is 26.2 Å². The van der Waals surface area contributed by atoms with Crippen molar-refractivity contribution < 1.29 is 9.18 Å². The summed E-state index contributed by atoms with van der Waals surface area (Å²) in [4.78, 5) is 16.5. The smallest absolute Gasteiger partial charge is 0.250 e. The molecule has 1 heterocycles. The van der Waals surface area contributed by atoms with E-state index in [4.69, 9.17) is 0 Å². The van der Waals surface area contributed by atoms with E-state index in [1.54, 1.807) is 18.2 Å². The molecular formula is C20H19FN2OS. The molecule has 0 fully saturated rings. The van der Waals surface area contributed by atoms with Crippen molar-refractivity contribution in [1.82, 2.24) is 4.98 Å². The molecule has 0 radical (unpaired) electrons. The van der Waals surface area contributed by atoms with Crippen molar-refractivity contribution in [1.29, 1.82) is 0 Å². The molecule has 0 unspecified atom stereocenters. The van der Waals surface area contributed by atoms with Gasteiger partial charge in [-0.25, -0.2) is 9.37 Å². The monoisotopic (exact) mass is 354 g/mol. The molecule has 2 aromatic carbocycles. The molecule has 25 heavy (non-hydrogen) atoms. The summed E-state index contributed by atoms with van der Waals surface area (Å²) in [6.45, 7) is 6.49. The standard InChI is InChI=1S/C20H19FN2OS/c1-20(2,3)14-7-10-16-17(12-14)25-19(22-16)23-18(24)11-6-13-4-8-15(21)9-5-13/h4-12H,1-3H3,(H,22,23,24)/b11-6+. The number of carbonyl (C=O) groups excluding carboxylic acids is 1. The highest BCUT2D eigenvalue weighted by Gasteiger charge is 2.15. The number of aromatic nitrogens is 1. The van der Waals surface area contributed by atoms with Crippen LogP contribution >= 0.6 is 11.3 Å². The lowest BCUT2D eigenvalue weighted by Gasteiger charge is -2.18. The first kappa shape index (κ1) is 17.3. The summed E-state index contributed by atoms with van der Waals surface area (Å²) < 4.78 is 13.9. The van der Waals surface area contributed by atoms with E-state index in [1.165, 1.54) is 35.1 Å². The zero-order valence-corrected chi connectivity index (χ0v) is 15.2. The highest BCUT2D eigenvalue weighted by molar-refractivity contribution is 7.22. The fourth-order valence-corrected chi connectivity index (χ4v) is 3.25. The molecule has 0 aliphatic carbocycles. The van der Waals surface area contributed by atoms with Gasteiger partial charge in [-0.05, 0) is 46.9 Å². The molecule has 128 valence electrons. The number of carbonyl (C=O) groups is 1. The van der Waals surface area contributed by atoms with Gasteiger partial charge in [0.25, 0.3) is 0 Å². The first-order valence-corrected chi connectivity index (χ1v) is 8.79. The molecule has 3 nitrogen and oxygen atoms in total. The van der Waals surface area contributed by atoms with E-state index in [-0.39, 0.29) is 17.1 Å². The van der Waals surface area contributed by atoms with Gasteiger partial charge in [0, 0.05) is 6.08 Å². The fourth-order valence-electron chi connectivity index (χ4n) is 2.34. The van der Waals surface area contributed by atoms with E-state index in [9.17, 15) is 9.18 Å². The van der Waals surface area contributed by atoms with Crippen LogP contribution in [-0.4, -0.2) is 10.9 Å². The maximum atomic E-state index is 12.9. The second-order valence-corrected chi connectivity index (χ2v) is 7.86. The van der Waals surface area contributed by atoms with E-state index < -0.39 is 0 Å². The molecular weight excluding hydrogens is 335 g/mol. The summed E-state index contributed by atoms with van der Waals surface area (Å²) in [7, 11) is 0. The van der Waals surface area contributed by atoms with Crippen LogP contribution in [-0.2, 0) is 10.2 Å². The lowest BCUT2D eigenvalue weighted by atomic mass is 9.87. The molecule has 0 aliphatic rings. The third-order valence-corrected chi connectivity index (χ3v) is 4.72. The van der Waals surface area contributed by atoms with E-state index in [1.807, 2.05) is 6.07 Å². The van der Waals surface area contributed by atoms with Crippen molar-refractivity contribution in [3.05, 3.63) is 65.5 Å². The normalized spacial score (nSPS) is 12.0. The molecule has 3 aromatic rings. The number of fused-ring (bicyclic) bond motifs is 1. The average Bonchev–Trinajstić information content (AvgIpc) is 2.94. The van der Waals surface area contributed by atoms with Crippen LogP contribution in [0, 0.1) is 5.82 Å². The van der Waals surface area contributed by atoms with Gasteiger partial charge in [0.2, 0.25) is 5.91 Å². The van der Waals surface area contributed by atoms with Crippen molar-refractivity contribution >= 4 is 38.7 Å². The van der Waals surface area contributed by atoms with Gasteiger partial charge in [0.15, 0.2) is 5.13 Å². The van der Waals surface area contributed by atoms with Crippen LogP contribution in [0.5, 0.6) is 0 Å². The third-order valence-electron chi connectivity index (χ3n) is 3.78. The Morgan fingerprint density at radius 2 is 1.88 bits per heavy atom. The summed E-state index contributed by atoms with van der Waals surface area (Å²) in [6.07, 6.45) is 3.06. The number of anilines is 1. The first-order chi connectivity index (χ1) is 11.8. The molecule has 0 saturated heterocycles. The number of benzene rings is 2. The molecule has 0 spiro atoms. The van der Waals surface area contributed by atoms with Gasteiger partial charge < -0.3 is 0 Å². The third kappa shape index (κ3) is 4.31. The molecule has 0 bridgehead atoms. The minimum absolute atomic E-state index is 0.0689. The first-order valence-electron chi connectivity index (χ1n) is 7.97. The average molecular weight is 354 g/mol. The number of halogens is 1. The largest absolute Gasteiger partial charge is 0.298 e. The predicted octanol–water partition coefficient (Wildman–Crippen LogP) is 5.38. The number of nitrogens with zero attached hydrogens (tertiary/aromatic N) is 1. The zero-order valence-electron chi connectivity index (χ0n) is 14.3. The van der Waals surface area contributed by atoms with Crippen LogP contribution in [0.3, 0.4) is 0 Å². The Balaban J connectivity index is 1.73. The van der Waals surface area contributed by atoms with Crippen molar-refractivity contribution in [3.8, 4) is 0 Å². The highest BCUT2D eigenvalue weighted by atomic mass is 32.1. The van der Waals surface area contributed by atoms with Crippen molar-refractivity contribution in [2.24, 2.45) is 0 Å². The lowest BCUT2D eigenvalue weighted by molar-refractivity contribution is -0.111. The topological polar surface area (TPSA) is 42.0 Å². The number of hydrogen-bond donors (Lipinski definition) is 1. The molecule has 1 amide bonds. The van der Waals surface area contributed by atoms with Crippen LogP contribution in [0.25, 0.3) is 16.3 Å². The Kier molecular flexibility index (Phi) is 4.68. The van der Waals surface area contributed by atoms with E-state index in [0.717, 1.165) is 15.8 Å². The molecule has 5 heteroatoms. The van der Waals surface area contributed by atoms with Crippen LogP contribution in [0.15, 0.2) is 48.5 Å². The lowest BCUT2D eigenvalue weighted by Crippen LogP contribution is -2.10.